The van der Waals surface area contributed by atoms with Crippen LogP contribution >= 0.6 is 0 Å². The zero-order valence-corrected chi connectivity index (χ0v) is 14.4. The molecule has 0 unspecified atom stereocenters. The molecule has 0 aliphatic rings. The van der Waals surface area contributed by atoms with Crippen molar-refractivity contribution in [1.29, 1.82) is 0 Å². The van der Waals surface area contributed by atoms with Crippen molar-refractivity contribution < 1.29 is 4.79 Å². The Kier molecular flexibility index (Phi) is 5.09. The Balaban J connectivity index is 1.69. The van der Waals surface area contributed by atoms with E-state index < -0.39 is 0 Å². The number of aryl methyl sites for hydroxylation is 2. The number of hydrogen-bond acceptors (Lipinski definition) is 3. The van der Waals surface area contributed by atoms with Crippen molar-refractivity contribution in [1.82, 2.24) is 10.3 Å². The normalized spacial score (nSPS) is 10.3. The van der Waals surface area contributed by atoms with Crippen molar-refractivity contribution in [2.75, 3.05) is 5.32 Å². The van der Waals surface area contributed by atoms with Crippen LogP contribution in [-0.4, -0.2) is 10.9 Å². The maximum atomic E-state index is 12.4. The molecule has 0 saturated heterocycles. The Labute approximate surface area is 147 Å². The summed E-state index contributed by atoms with van der Waals surface area (Å²) in [6, 6.07) is 19.6. The molecule has 0 saturated carbocycles. The number of carbonyl (C=O) groups is 1. The van der Waals surface area contributed by atoms with E-state index in [-0.39, 0.29) is 5.91 Å². The predicted molar refractivity (Wildman–Crippen MR) is 101 cm³/mol. The van der Waals surface area contributed by atoms with Gasteiger partial charge in [0.1, 0.15) is 5.69 Å². The van der Waals surface area contributed by atoms with Crippen LogP contribution in [-0.2, 0) is 6.54 Å². The molecule has 0 radical (unpaired) electrons. The molecule has 0 spiro atoms. The summed E-state index contributed by atoms with van der Waals surface area (Å²) < 4.78 is 0. The van der Waals surface area contributed by atoms with E-state index in [0.29, 0.717) is 12.2 Å². The SMILES string of the molecule is Cc1ccccc1CNC(=O)c1cc(Nc2ccccc2C)ccn1. The monoisotopic (exact) mass is 331 g/mol. The highest BCUT2D eigenvalue weighted by Gasteiger charge is 2.09. The number of amides is 1. The summed E-state index contributed by atoms with van der Waals surface area (Å²) in [4.78, 5) is 16.6. The van der Waals surface area contributed by atoms with Gasteiger partial charge in [0.05, 0.1) is 0 Å². The summed E-state index contributed by atoms with van der Waals surface area (Å²) >= 11 is 0. The maximum Gasteiger partial charge on any atom is 0.270 e. The number of nitrogens with zero attached hydrogens (tertiary/aromatic N) is 1. The summed E-state index contributed by atoms with van der Waals surface area (Å²) in [5, 5.41) is 6.26. The summed E-state index contributed by atoms with van der Waals surface area (Å²) in [5.74, 6) is -0.184. The molecule has 1 heterocycles. The van der Waals surface area contributed by atoms with E-state index in [1.54, 1.807) is 12.3 Å². The van der Waals surface area contributed by atoms with Crippen LogP contribution in [0.3, 0.4) is 0 Å². The molecule has 2 aromatic carbocycles. The van der Waals surface area contributed by atoms with E-state index in [1.807, 2.05) is 68.4 Å². The molecule has 1 amide bonds. The van der Waals surface area contributed by atoms with Gasteiger partial charge in [-0.2, -0.15) is 0 Å². The van der Waals surface area contributed by atoms with E-state index in [1.165, 1.54) is 0 Å². The first-order chi connectivity index (χ1) is 12.1. The fourth-order valence-electron chi connectivity index (χ4n) is 2.58. The van der Waals surface area contributed by atoms with Crippen LogP contribution in [0.4, 0.5) is 11.4 Å². The highest BCUT2D eigenvalue weighted by Crippen LogP contribution is 2.20. The van der Waals surface area contributed by atoms with Gasteiger partial charge in [0.25, 0.3) is 5.91 Å². The van der Waals surface area contributed by atoms with Crippen molar-refractivity contribution in [3.8, 4) is 0 Å². The van der Waals surface area contributed by atoms with Crippen molar-refractivity contribution >= 4 is 17.3 Å². The third-order valence-corrected chi connectivity index (χ3v) is 4.12. The average molecular weight is 331 g/mol. The zero-order chi connectivity index (χ0) is 17.6. The highest BCUT2D eigenvalue weighted by molar-refractivity contribution is 5.93. The van der Waals surface area contributed by atoms with Crippen LogP contribution in [0.5, 0.6) is 0 Å². The number of hydrogen-bond donors (Lipinski definition) is 2. The Bertz CT molecular complexity index is 890. The Morgan fingerprint density at radius 3 is 2.44 bits per heavy atom. The number of nitrogens with one attached hydrogen (secondary N) is 2. The standard InChI is InChI=1S/C21H21N3O/c1-15-7-3-5-9-17(15)14-23-21(25)20-13-18(11-12-22-20)24-19-10-6-4-8-16(19)2/h3-13H,14H2,1-2H3,(H,22,24)(H,23,25). The van der Waals surface area contributed by atoms with Crippen LogP contribution in [0.1, 0.15) is 27.2 Å². The van der Waals surface area contributed by atoms with Gasteiger partial charge in [-0.05, 0) is 48.7 Å². The molecular weight excluding hydrogens is 310 g/mol. The fraction of sp³-hybridized carbons (Fsp3) is 0.143. The molecule has 0 fully saturated rings. The van der Waals surface area contributed by atoms with E-state index in [4.69, 9.17) is 0 Å². The van der Waals surface area contributed by atoms with Crippen molar-refractivity contribution in [3.63, 3.8) is 0 Å². The van der Waals surface area contributed by atoms with Crippen molar-refractivity contribution in [3.05, 3.63) is 89.2 Å². The lowest BCUT2D eigenvalue weighted by molar-refractivity contribution is 0.0946. The molecule has 3 aromatic rings. The first-order valence-corrected chi connectivity index (χ1v) is 8.25. The maximum absolute atomic E-state index is 12.4. The molecular formula is C21H21N3O. The molecule has 0 aliphatic carbocycles. The van der Waals surface area contributed by atoms with Crippen molar-refractivity contribution in [2.45, 2.75) is 20.4 Å². The van der Waals surface area contributed by atoms with Crippen LogP contribution in [0.25, 0.3) is 0 Å². The van der Waals surface area contributed by atoms with E-state index in [2.05, 4.69) is 15.6 Å². The lowest BCUT2D eigenvalue weighted by Gasteiger charge is -2.11. The van der Waals surface area contributed by atoms with Gasteiger partial charge in [-0.3, -0.25) is 9.78 Å². The number of carbonyl (C=O) groups excluding carboxylic acids is 1. The molecule has 2 N–H and O–H groups in total. The second-order valence-electron chi connectivity index (χ2n) is 5.98. The topological polar surface area (TPSA) is 54.0 Å². The third-order valence-electron chi connectivity index (χ3n) is 4.12. The van der Waals surface area contributed by atoms with Gasteiger partial charge < -0.3 is 10.6 Å². The lowest BCUT2D eigenvalue weighted by atomic mass is 10.1. The molecule has 1 aromatic heterocycles. The summed E-state index contributed by atoms with van der Waals surface area (Å²) in [6.07, 6.45) is 1.64. The molecule has 3 rings (SSSR count). The van der Waals surface area contributed by atoms with E-state index in [9.17, 15) is 4.79 Å². The Morgan fingerprint density at radius 2 is 1.68 bits per heavy atom. The minimum atomic E-state index is -0.184. The lowest BCUT2D eigenvalue weighted by Crippen LogP contribution is -2.24. The molecule has 4 heteroatoms. The second kappa shape index (κ2) is 7.62. The van der Waals surface area contributed by atoms with Crippen LogP contribution in [0.2, 0.25) is 0 Å². The molecule has 0 atom stereocenters. The largest absolute Gasteiger partial charge is 0.355 e. The molecule has 4 nitrogen and oxygen atoms in total. The molecule has 25 heavy (non-hydrogen) atoms. The molecule has 0 aliphatic heterocycles. The zero-order valence-electron chi connectivity index (χ0n) is 14.4. The van der Waals surface area contributed by atoms with E-state index >= 15 is 0 Å². The number of rotatable bonds is 5. The Hall–Kier alpha value is -3.14. The third kappa shape index (κ3) is 4.23. The van der Waals surface area contributed by atoms with Crippen LogP contribution in [0.15, 0.2) is 66.9 Å². The summed E-state index contributed by atoms with van der Waals surface area (Å²) in [7, 11) is 0. The minimum Gasteiger partial charge on any atom is -0.355 e. The first-order valence-electron chi connectivity index (χ1n) is 8.25. The predicted octanol–water partition coefficient (Wildman–Crippen LogP) is 4.37. The van der Waals surface area contributed by atoms with Gasteiger partial charge in [0.2, 0.25) is 0 Å². The van der Waals surface area contributed by atoms with Crippen LogP contribution < -0.4 is 10.6 Å². The van der Waals surface area contributed by atoms with Gasteiger partial charge in [-0.15, -0.1) is 0 Å². The number of para-hydroxylation sites is 1. The fourth-order valence-corrected chi connectivity index (χ4v) is 2.58. The first kappa shape index (κ1) is 16.7. The second-order valence-corrected chi connectivity index (χ2v) is 5.98. The number of aromatic nitrogens is 1. The smallest absolute Gasteiger partial charge is 0.270 e. The number of pyridine rings is 1. The highest BCUT2D eigenvalue weighted by atomic mass is 16.1. The minimum absolute atomic E-state index is 0.184. The Morgan fingerprint density at radius 1 is 0.960 bits per heavy atom. The van der Waals surface area contributed by atoms with Gasteiger partial charge >= 0.3 is 0 Å². The molecule has 126 valence electrons. The summed E-state index contributed by atoms with van der Waals surface area (Å²) in [5.41, 5.74) is 5.65. The van der Waals surface area contributed by atoms with Gasteiger partial charge in [-0.1, -0.05) is 42.5 Å². The van der Waals surface area contributed by atoms with Gasteiger partial charge in [-0.25, -0.2) is 0 Å². The summed E-state index contributed by atoms with van der Waals surface area (Å²) in [6.45, 7) is 4.56. The average Bonchev–Trinajstić information content (AvgIpc) is 2.63. The molecule has 0 bridgehead atoms. The van der Waals surface area contributed by atoms with Gasteiger partial charge in [0, 0.05) is 24.1 Å². The number of anilines is 2. The van der Waals surface area contributed by atoms with Crippen molar-refractivity contribution in [2.24, 2.45) is 0 Å². The number of benzene rings is 2. The van der Waals surface area contributed by atoms with Crippen LogP contribution in [0, 0.1) is 13.8 Å². The van der Waals surface area contributed by atoms with E-state index in [0.717, 1.165) is 28.1 Å². The quantitative estimate of drug-likeness (QED) is 0.730. The van der Waals surface area contributed by atoms with Gasteiger partial charge in [0.15, 0.2) is 0 Å².